The summed E-state index contributed by atoms with van der Waals surface area (Å²) in [5.41, 5.74) is 2.79. The number of nitrogens with zero attached hydrogens (tertiary/aromatic N) is 1. The molecule has 0 radical (unpaired) electrons. The van der Waals surface area contributed by atoms with E-state index in [1.807, 2.05) is 0 Å². The molecule has 1 aliphatic heterocycles. The van der Waals surface area contributed by atoms with E-state index < -0.39 is 0 Å². The molecule has 1 aliphatic rings. The maximum Gasteiger partial charge on any atom is 0.252 e. The van der Waals surface area contributed by atoms with Crippen LogP contribution in [-0.4, -0.2) is 38.8 Å². The van der Waals surface area contributed by atoms with E-state index in [4.69, 9.17) is 27.9 Å². The average molecular weight is 379 g/mol. The van der Waals surface area contributed by atoms with Gasteiger partial charge in [-0.05, 0) is 42.3 Å². The molecule has 3 rings (SSSR count). The van der Waals surface area contributed by atoms with Crippen molar-refractivity contribution in [2.45, 2.75) is 6.42 Å². The number of carbonyl (C=O) groups excluding carboxylic acids is 1. The van der Waals surface area contributed by atoms with Crippen molar-refractivity contribution in [3.8, 4) is 0 Å². The van der Waals surface area contributed by atoms with Gasteiger partial charge in [-0.2, -0.15) is 0 Å². The van der Waals surface area contributed by atoms with Crippen LogP contribution in [0.1, 0.15) is 15.9 Å². The molecular formula is C19H20Cl2N2O2. The lowest BCUT2D eigenvalue weighted by Gasteiger charge is -2.28. The third-order valence-corrected chi connectivity index (χ3v) is 4.75. The first-order valence-electron chi connectivity index (χ1n) is 8.28. The van der Waals surface area contributed by atoms with Crippen LogP contribution in [0.25, 0.3) is 0 Å². The summed E-state index contributed by atoms with van der Waals surface area (Å²) < 4.78 is 5.37. The van der Waals surface area contributed by atoms with E-state index in [1.165, 1.54) is 11.3 Å². The van der Waals surface area contributed by atoms with Crippen LogP contribution in [0.3, 0.4) is 0 Å². The summed E-state index contributed by atoms with van der Waals surface area (Å²) in [7, 11) is 0. The standard InChI is InChI=1S/C19H20Cl2N2O2/c20-15-3-6-18(21)17(13-15)19(24)22-8-7-14-1-4-16(5-2-14)23-9-11-25-12-10-23/h1-6,13H,7-12H2,(H,22,24). The Labute approximate surface area is 157 Å². The normalized spacial score (nSPS) is 14.4. The molecule has 0 aliphatic carbocycles. The molecule has 0 aromatic heterocycles. The van der Waals surface area contributed by atoms with E-state index in [-0.39, 0.29) is 5.91 Å². The Morgan fingerprint density at radius 3 is 2.52 bits per heavy atom. The SMILES string of the molecule is O=C(NCCc1ccc(N2CCOCC2)cc1)c1cc(Cl)ccc1Cl. The van der Waals surface area contributed by atoms with Gasteiger partial charge < -0.3 is 15.0 Å². The van der Waals surface area contributed by atoms with Crippen LogP contribution < -0.4 is 10.2 Å². The van der Waals surface area contributed by atoms with Crippen LogP contribution in [0.4, 0.5) is 5.69 Å². The summed E-state index contributed by atoms with van der Waals surface area (Å²) in [4.78, 5) is 14.5. The zero-order valence-corrected chi connectivity index (χ0v) is 15.3. The zero-order chi connectivity index (χ0) is 17.6. The number of ether oxygens (including phenoxy) is 1. The first kappa shape index (κ1) is 18.1. The van der Waals surface area contributed by atoms with E-state index >= 15 is 0 Å². The van der Waals surface area contributed by atoms with Gasteiger partial charge in [0.2, 0.25) is 0 Å². The summed E-state index contributed by atoms with van der Waals surface area (Å²) in [6.07, 6.45) is 0.757. The van der Waals surface area contributed by atoms with Gasteiger partial charge in [0.25, 0.3) is 5.91 Å². The molecule has 0 atom stereocenters. The molecule has 1 amide bonds. The highest BCUT2D eigenvalue weighted by atomic mass is 35.5. The Morgan fingerprint density at radius 2 is 1.80 bits per heavy atom. The molecule has 0 unspecified atom stereocenters. The minimum atomic E-state index is -0.211. The Balaban J connectivity index is 1.51. The molecular weight excluding hydrogens is 359 g/mol. The molecule has 0 spiro atoms. The molecule has 132 valence electrons. The van der Waals surface area contributed by atoms with E-state index in [0.717, 1.165) is 32.7 Å². The Kier molecular flexibility index (Phi) is 6.19. The van der Waals surface area contributed by atoms with Gasteiger partial charge in [0, 0.05) is 30.3 Å². The maximum atomic E-state index is 12.2. The van der Waals surface area contributed by atoms with Crippen molar-refractivity contribution in [3.05, 3.63) is 63.6 Å². The molecule has 2 aromatic carbocycles. The third-order valence-electron chi connectivity index (χ3n) is 4.18. The Morgan fingerprint density at radius 1 is 1.08 bits per heavy atom. The van der Waals surface area contributed by atoms with Gasteiger partial charge in [0.1, 0.15) is 0 Å². The lowest BCUT2D eigenvalue weighted by Crippen LogP contribution is -2.36. The van der Waals surface area contributed by atoms with Crippen molar-refractivity contribution in [1.29, 1.82) is 0 Å². The first-order chi connectivity index (χ1) is 12.1. The van der Waals surface area contributed by atoms with Crippen LogP contribution in [0.5, 0.6) is 0 Å². The fraction of sp³-hybridized carbons (Fsp3) is 0.316. The van der Waals surface area contributed by atoms with Crippen LogP contribution in [-0.2, 0) is 11.2 Å². The smallest absolute Gasteiger partial charge is 0.252 e. The van der Waals surface area contributed by atoms with Gasteiger partial charge in [-0.1, -0.05) is 35.3 Å². The fourth-order valence-corrected chi connectivity index (χ4v) is 3.16. The minimum absolute atomic E-state index is 0.211. The number of hydrogen-bond donors (Lipinski definition) is 1. The summed E-state index contributed by atoms with van der Waals surface area (Å²) in [5.74, 6) is -0.211. The van der Waals surface area contributed by atoms with Gasteiger partial charge in [0.15, 0.2) is 0 Å². The summed E-state index contributed by atoms with van der Waals surface area (Å²) in [6.45, 7) is 3.95. The highest BCUT2D eigenvalue weighted by molar-refractivity contribution is 6.35. The first-order valence-corrected chi connectivity index (χ1v) is 9.04. The monoisotopic (exact) mass is 378 g/mol. The van der Waals surface area contributed by atoms with Crippen molar-refractivity contribution in [2.24, 2.45) is 0 Å². The molecule has 1 fully saturated rings. The number of rotatable bonds is 5. The van der Waals surface area contributed by atoms with Crippen LogP contribution in [0.2, 0.25) is 10.0 Å². The largest absolute Gasteiger partial charge is 0.378 e. The molecule has 1 saturated heterocycles. The molecule has 2 aromatic rings. The van der Waals surface area contributed by atoms with Gasteiger partial charge >= 0.3 is 0 Å². The highest BCUT2D eigenvalue weighted by Gasteiger charge is 2.12. The highest BCUT2D eigenvalue weighted by Crippen LogP contribution is 2.20. The second-order valence-corrected chi connectivity index (χ2v) is 6.74. The minimum Gasteiger partial charge on any atom is -0.378 e. The summed E-state index contributed by atoms with van der Waals surface area (Å²) in [6, 6.07) is 13.3. The Bertz CT molecular complexity index is 729. The molecule has 1 heterocycles. The maximum absolute atomic E-state index is 12.2. The van der Waals surface area contributed by atoms with E-state index in [2.05, 4.69) is 34.5 Å². The van der Waals surface area contributed by atoms with Gasteiger partial charge in [0.05, 0.1) is 23.8 Å². The van der Waals surface area contributed by atoms with Crippen LogP contribution >= 0.6 is 23.2 Å². The number of halogens is 2. The zero-order valence-electron chi connectivity index (χ0n) is 13.8. The van der Waals surface area contributed by atoms with Crippen LogP contribution in [0.15, 0.2) is 42.5 Å². The number of morpholine rings is 1. The summed E-state index contributed by atoms with van der Waals surface area (Å²) >= 11 is 12.0. The van der Waals surface area contributed by atoms with Gasteiger partial charge in [-0.15, -0.1) is 0 Å². The number of hydrogen-bond acceptors (Lipinski definition) is 3. The third kappa shape index (κ3) is 4.88. The van der Waals surface area contributed by atoms with Crippen molar-refractivity contribution in [3.63, 3.8) is 0 Å². The second-order valence-electron chi connectivity index (χ2n) is 5.90. The predicted octanol–water partition coefficient (Wildman–Crippen LogP) is 3.80. The molecule has 6 heteroatoms. The van der Waals surface area contributed by atoms with E-state index in [9.17, 15) is 4.79 Å². The van der Waals surface area contributed by atoms with Gasteiger partial charge in [-0.3, -0.25) is 4.79 Å². The number of carbonyl (C=O) groups is 1. The van der Waals surface area contributed by atoms with E-state index in [0.29, 0.717) is 22.2 Å². The number of amides is 1. The number of nitrogens with one attached hydrogen (secondary N) is 1. The predicted molar refractivity (Wildman–Crippen MR) is 102 cm³/mol. The van der Waals surface area contributed by atoms with Crippen molar-refractivity contribution < 1.29 is 9.53 Å². The summed E-state index contributed by atoms with van der Waals surface area (Å²) in [5, 5.41) is 3.78. The van der Waals surface area contributed by atoms with Crippen molar-refractivity contribution >= 4 is 34.8 Å². The van der Waals surface area contributed by atoms with Crippen molar-refractivity contribution in [2.75, 3.05) is 37.7 Å². The van der Waals surface area contributed by atoms with Gasteiger partial charge in [-0.25, -0.2) is 0 Å². The van der Waals surface area contributed by atoms with Crippen LogP contribution in [0, 0.1) is 0 Å². The van der Waals surface area contributed by atoms with E-state index in [1.54, 1.807) is 18.2 Å². The molecule has 4 nitrogen and oxygen atoms in total. The molecule has 0 saturated carbocycles. The Hall–Kier alpha value is -1.75. The number of benzene rings is 2. The second kappa shape index (κ2) is 8.56. The fourth-order valence-electron chi connectivity index (χ4n) is 2.78. The topological polar surface area (TPSA) is 41.6 Å². The lowest BCUT2D eigenvalue weighted by atomic mass is 10.1. The van der Waals surface area contributed by atoms with Crippen molar-refractivity contribution in [1.82, 2.24) is 5.32 Å². The quantitative estimate of drug-likeness (QED) is 0.859. The molecule has 25 heavy (non-hydrogen) atoms. The molecule has 0 bridgehead atoms. The number of anilines is 1. The average Bonchev–Trinajstić information content (AvgIpc) is 2.65. The molecule has 1 N–H and O–H groups in total. The lowest BCUT2D eigenvalue weighted by molar-refractivity contribution is 0.0954.